The molecule has 0 radical (unpaired) electrons. The molecule has 3 aromatic rings. The van der Waals surface area contributed by atoms with E-state index in [9.17, 15) is 10.1 Å². The van der Waals surface area contributed by atoms with Crippen LogP contribution < -0.4 is 10.1 Å². The summed E-state index contributed by atoms with van der Waals surface area (Å²) in [7, 11) is 1.63. The zero-order valence-electron chi connectivity index (χ0n) is 18.0. The van der Waals surface area contributed by atoms with Crippen LogP contribution in [0.4, 0.5) is 5.69 Å². The highest BCUT2D eigenvalue weighted by Crippen LogP contribution is 2.29. The number of rotatable bonds is 3. The van der Waals surface area contributed by atoms with Crippen molar-refractivity contribution in [1.29, 1.82) is 5.26 Å². The fraction of sp³-hybridized carbons (Fsp3) is 0.280. The number of aromatic nitrogens is 1. The van der Waals surface area contributed by atoms with Gasteiger partial charge >= 0.3 is 5.91 Å². The Morgan fingerprint density at radius 2 is 1.93 bits per heavy atom. The molecule has 0 aliphatic carbocycles. The molecule has 0 atom stereocenters. The lowest BCUT2D eigenvalue weighted by atomic mass is 9.95. The fourth-order valence-electron chi connectivity index (χ4n) is 3.23. The molecule has 0 unspecified atom stereocenters. The standard InChI is InChI=1S/C25H25N3O2/c1-6-28-22(21(16-26)20-12-11-19(30-5)15-23(20)28)13-10-17-8-7-9-18(14-17)27-24(29)25(2,3)4/h7-9,11-12,14-15H,6H2,1-5H3,(H,27,29)/p+1. The van der Waals surface area contributed by atoms with Crippen LogP contribution in [-0.2, 0) is 11.3 Å². The summed E-state index contributed by atoms with van der Waals surface area (Å²) in [5, 5.41) is 12.3. The third-order valence-electron chi connectivity index (χ3n) is 4.95. The van der Waals surface area contributed by atoms with Crippen LogP contribution in [0.3, 0.4) is 0 Å². The van der Waals surface area contributed by atoms with Gasteiger partial charge in [0.2, 0.25) is 0 Å². The molecule has 30 heavy (non-hydrogen) atoms. The van der Waals surface area contributed by atoms with Gasteiger partial charge in [-0.05, 0) is 57.9 Å². The lowest BCUT2D eigenvalue weighted by Crippen LogP contribution is -2.85. The Kier molecular flexibility index (Phi) is 5.96. The first kappa shape index (κ1) is 21.2. The van der Waals surface area contributed by atoms with Crippen LogP contribution in [0.5, 0.6) is 5.75 Å². The fourth-order valence-corrected chi connectivity index (χ4v) is 3.23. The normalized spacial score (nSPS) is 10.9. The van der Waals surface area contributed by atoms with Gasteiger partial charge in [0, 0.05) is 29.6 Å². The van der Waals surface area contributed by atoms with Crippen molar-refractivity contribution < 1.29 is 14.8 Å². The largest absolute Gasteiger partial charge is 0.497 e. The number of carbonyl (C=O) groups excluding carboxylic acids is 1. The van der Waals surface area contributed by atoms with E-state index in [0.717, 1.165) is 27.9 Å². The number of hydrogen-bond acceptors (Lipinski definition) is 3. The molecular weight excluding hydrogens is 374 g/mol. The number of carbonyl (C=O) groups is 1. The number of methoxy groups -OCH3 is 1. The van der Waals surface area contributed by atoms with Crippen molar-refractivity contribution in [2.24, 2.45) is 5.41 Å². The molecular formula is C25H26N3O2+. The summed E-state index contributed by atoms with van der Waals surface area (Å²) in [5.41, 5.74) is 3.36. The third-order valence-corrected chi connectivity index (χ3v) is 4.95. The maximum absolute atomic E-state index is 12.3. The van der Waals surface area contributed by atoms with Crippen molar-refractivity contribution in [3.8, 4) is 23.7 Å². The monoisotopic (exact) mass is 400 g/mol. The average molecular weight is 401 g/mol. The zero-order valence-corrected chi connectivity index (χ0v) is 18.0. The number of amides is 1. The summed E-state index contributed by atoms with van der Waals surface area (Å²) in [5.74, 6) is 7.17. The Balaban J connectivity index is 2.03. The van der Waals surface area contributed by atoms with Crippen LogP contribution in [-0.4, -0.2) is 17.6 Å². The van der Waals surface area contributed by atoms with Crippen molar-refractivity contribution in [2.45, 2.75) is 34.2 Å². The molecule has 152 valence electrons. The van der Waals surface area contributed by atoms with Gasteiger partial charge in [-0.1, -0.05) is 12.0 Å². The summed E-state index contributed by atoms with van der Waals surface area (Å²) in [6, 6.07) is 15.6. The van der Waals surface area contributed by atoms with Crippen molar-refractivity contribution in [3.05, 3.63) is 59.3 Å². The Hall–Kier alpha value is -3.54. The molecule has 0 saturated carbocycles. The summed E-state index contributed by atoms with van der Waals surface area (Å²) in [6.07, 6.45) is 0. The van der Waals surface area contributed by atoms with E-state index in [1.54, 1.807) is 12.4 Å². The number of primary amides is 1. The highest BCUT2D eigenvalue weighted by Gasteiger charge is 2.26. The van der Waals surface area contributed by atoms with E-state index in [1.807, 2.05) is 74.7 Å². The summed E-state index contributed by atoms with van der Waals surface area (Å²) < 4.78 is 7.37. The first-order valence-corrected chi connectivity index (χ1v) is 9.90. The second kappa shape index (κ2) is 8.45. The van der Waals surface area contributed by atoms with Crippen LogP contribution in [0.2, 0.25) is 0 Å². The van der Waals surface area contributed by atoms with E-state index in [0.29, 0.717) is 17.8 Å². The smallest absolute Gasteiger partial charge is 0.320 e. The van der Waals surface area contributed by atoms with E-state index >= 15 is 0 Å². The van der Waals surface area contributed by atoms with Gasteiger partial charge in [0.25, 0.3) is 0 Å². The minimum absolute atomic E-state index is 0.0689. The van der Waals surface area contributed by atoms with Gasteiger partial charge in [-0.15, -0.1) is 0 Å². The third kappa shape index (κ3) is 4.22. The zero-order chi connectivity index (χ0) is 21.9. The predicted octanol–water partition coefficient (Wildman–Crippen LogP) is 3.71. The van der Waals surface area contributed by atoms with Gasteiger partial charge < -0.3 is 9.30 Å². The van der Waals surface area contributed by atoms with Crippen LogP contribution in [0.15, 0.2) is 42.5 Å². The molecule has 0 aliphatic heterocycles. The summed E-state index contributed by atoms with van der Waals surface area (Å²) in [4.78, 5) is 12.3. The number of fused-ring (bicyclic) bond motifs is 1. The number of nitriles is 1. The number of nitrogens with zero attached hydrogens (tertiary/aromatic N) is 2. The second-order valence-electron chi connectivity index (χ2n) is 8.10. The minimum atomic E-state index is -0.424. The summed E-state index contributed by atoms with van der Waals surface area (Å²) in [6.45, 7) is 8.41. The number of benzene rings is 2. The van der Waals surface area contributed by atoms with E-state index < -0.39 is 5.41 Å². The first-order chi connectivity index (χ1) is 14.3. The Morgan fingerprint density at radius 1 is 1.17 bits per heavy atom. The SMILES string of the molecule is CCn1c(C#Cc2cccc([NH2+]C(=O)C(C)(C)C)c2)c(C#N)c2ccc(OC)cc21. The lowest BCUT2D eigenvalue weighted by Gasteiger charge is -2.12. The molecule has 0 fully saturated rings. The molecule has 2 N–H and O–H groups in total. The first-order valence-electron chi connectivity index (χ1n) is 9.90. The van der Waals surface area contributed by atoms with Crippen LogP contribution in [0, 0.1) is 28.6 Å². The predicted molar refractivity (Wildman–Crippen MR) is 117 cm³/mol. The Bertz CT molecular complexity index is 1210. The van der Waals surface area contributed by atoms with Crippen molar-refractivity contribution in [2.75, 3.05) is 7.11 Å². The van der Waals surface area contributed by atoms with E-state index in [4.69, 9.17) is 4.74 Å². The van der Waals surface area contributed by atoms with Crippen LogP contribution in [0.25, 0.3) is 10.9 Å². The van der Waals surface area contributed by atoms with Crippen LogP contribution >= 0.6 is 0 Å². The van der Waals surface area contributed by atoms with E-state index in [-0.39, 0.29) is 5.91 Å². The highest BCUT2D eigenvalue weighted by molar-refractivity contribution is 5.90. The molecule has 2 aromatic carbocycles. The molecule has 0 saturated heterocycles. The van der Waals surface area contributed by atoms with Gasteiger partial charge in [-0.2, -0.15) is 5.26 Å². The lowest BCUT2D eigenvalue weighted by molar-refractivity contribution is -0.490. The quantitative estimate of drug-likeness (QED) is 0.538. The molecule has 0 spiro atoms. The number of hydrogen-bond donors (Lipinski definition) is 1. The van der Waals surface area contributed by atoms with Gasteiger partial charge in [-0.25, -0.2) is 4.79 Å². The number of quaternary nitrogens is 1. The van der Waals surface area contributed by atoms with Gasteiger partial charge in [0.15, 0.2) is 0 Å². The number of ether oxygens (including phenoxy) is 1. The number of nitrogens with two attached hydrogens (primary N) is 1. The highest BCUT2D eigenvalue weighted by atomic mass is 16.5. The molecule has 5 nitrogen and oxygen atoms in total. The molecule has 0 aliphatic rings. The molecule has 3 rings (SSSR count). The average Bonchev–Trinajstić information content (AvgIpc) is 3.03. The van der Waals surface area contributed by atoms with Crippen molar-refractivity contribution in [3.63, 3.8) is 0 Å². The minimum Gasteiger partial charge on any atom is -0.497 e. The maximum Gasteiger partial charge on any atom is 0.320 e. The maximum atomic E-state index is 12.3. The van der Waals surface area contributed by atoms with Crippen molar-refractivity contribution in [1.82, 2.24) is 4.57 Å². The Labute approximate surface area is 177 Å². The second-order valence-corrected chi connectivity index (χ2v) is 8.10. The van der Waals surface area contributed by atoms with E-state index in [1.165, 1.54) is 0 Å². The number of aryl methyl sites for hydroxylation is 1. The molecule has 1 aromatic heterocycles. The summed E-state index contributed by atoms with van der Waals surface area (Å²) >= 11 is 0. The molecule has 1 amide bonds. The van der Waals surface area contributed by atoms with Crippen LogP contribution in [0.1, 0.15) is 44.5 Å². The molecule has 1 heterocycles. The topological polar surface area (TPSA) is 71.6 Å². The molecule has 5 heteroatoms. The molecule has 0 bridgehead atoms. The van der Waals surface area contributed by atoms with Gasteiger partial charge in [-0.3, -0.25) is 5.32 Å². The Morgan fingerprint density at radius 3 is 2.57 bits per heavy atom. The van der Waals surface area contributed by atoms with Crippen molar-refractivity contribution >= 4 is 22.5 Å². The van der Waals surface area contributed by atoms with E-state index in [2.05, 4.69) is 17.9 Å². The van der Waals surface area contributed by atoms with Gasteiger partial charge in [0.1, 0.15) is 23.2 Å². The van der Waals surface area contributed by atoms with Gasteiger partial charge in [0.05, 0.1) is 23.6 Å².